The molecule has 6 rings (SSSR count). The number of amides is 1. The third-order valence-corrected chi connectivity index (χ3v) is 9.25. The van der Waals surface area contributed by atoms with Crippen LogP contribution in [0.2, 0.25) is 0 Å². The number of carbonyl (C=O) groups excluding carboxylic acids is 1. The molecule has 3 heterocycles. The number of carboxylic acids is 1. The Labute approximate surface area is 245 Å². The molecule has 0 radical (unpaired) electrons. The number of anilines is 1. The average molecular weight is 595 g/mol. The number of aromatic amines is 1. The van der Waals surface area contributed by atoms with Crippen molar-refractivity contribution in [3.63, 3.8) is 0 Å². The second-order valence-electron chi connectivity index (χ2n) is 11.2. The lowest BCUT2D eigenvalue weighted by Gasteiger charge is -2.26. The molecule has 1 amide bonds. The van der Waals surface area contributed by atoms with Crippen molar-refractivity contribution < 1.29 is 28.2 Å². The number of carbonyl (C=O) groups is 2. The van der Waals surface area contributed by atoms with Crippen molar-refractivity contribution >= 4 is 39.4 Å². The minimum absolute atomic E-state index is 0.0203. The largest absolute Gasteiger partial charge is 0.481 e. The van der Waals surface area contributed by atoms with Crippen LogP contribution in [0.15, 0.2) is 36.7 Å². The standard InChI is InChI=1S/C31H32F2N4O4S/c1-17-22-10-11-34-29(22)35-15-25(17)23-9-8-21(41-16-32)14-24(23)27-28(33)42-31(36-27)37(20-6-7-20)30(40)19(13-26(38)39)12-18-4-2-3-5-18/h8-11,14-15,18-20H,2-7,12-13,16H2,1H3,(H,34,35)(H,38,39). The van der Waals surface area contributed by atoms with Crippen molar-refractivity contribution in [2.45, 2.75) is 64.3 Å². The molecule has 2 aliphatic rings. The number of benzene rings is 1. The topological polar surface area (TPSA) is 108 Å². The summed E-state index contributed by atoms with van der Waals surface area (Å²) < 4.78 is 34.1. The number of nitrogens with one attached hydrogen (secondary N) is 1. The zero-order valence-electron chi connectivity index (χ0n) is 23.2. The van der Waals surface area contributed by atoms with E-state index in [4.69, 9.17) is 4.74 Å². The lowest BCUT2D eigenvalue weighted by atomic mass is 9.90. The van der Waals surface area contributed by atoms with Crippen molar-refractivity contribution in [3.8, 4) is 28.1 Å². The minimum Gasteiger partial charge on any atom is -0.481 e. The first-order chi connectivity index (χ1) is 20.3. The normalized spacial score (nSPS) is 16.2. The summed E-state index contributed by atoms with van der Waals surface area (Å²) in [5, 5.41) is 10.1. The second kappa shape index (κ2) is 11.8. The van der Waals surface area contributed by atoms with Crippen LogP contribution in [0.1, 0.15) is 56.9 Å². The number of fused-ring (bicyclic) bond motifs is 1. The van der Waals surface area contributed by atoms with Crippen LogP contribution in [-0.4, -0.2) is 44.8 Å². The summed E-state index contributed by atoms with van der Waals surface area (Å²) in [5.74, 6) is -1.49. The zero-order valence-corrected chi connectivity index (χ0v) is 24.1. The maximum atomic E-state index is 15.8. The fourth-order valence-electron chi connectivity index (χ4n) is 6.17. The van der Waals surface area contributed by atoms with Gasteiger partial charge in [-0.1, -0.05) is 37.0 Å². The number of hydrogen-bond acceptors (Lipinski definition) is 6. The molecule has 0 aliphatic heterocycles. The first kappa shape index (κ1) is 28.3. The number of alkyl halides is 1. The third kappa shape index (κ3) is 5.62. The number of pyridine rings is 1. The van der Waals surface area contributed by atoms with Crippen molar-refractivity contribution in [1.29, 1.82) is 0 Å². The molecule has 2 aliphatic carbocycles. The number of ether oxygens (including phenoxy) is 1. The second-order valence-corrected chi connectivity index (χ2v) is 12.2. The van der Waals surface area contributed by atoms with Crippen molar-refractivity contribution in [2.24, 2.45) is 11.8 Å². The van der Waals surface area contributed by atoms with E-state index < -0.39 is 23.9 Å². The molecule has 0 spiro atoms. The van der Waals surface area contributed by atoms with Crippen LogP contribution in [-0.2, 0) is 9.59 Å². The highest BCUT2D eigenvalue weighted by Gasteiger charge is 2.40. The predicted molar refractivity (Wildman–Crippen MR) is 157 cm³/mol. The van der Waals surface area contributed by atoms with Crippen LogP contribution in [0.25, 0.3) is 33.4 Å². The Kier molecular flexibility index (Phi) is 7.94. The van der Waals surface area contributed by atoms with E-state index in [1.165, 1.54) is 4.90 Å². The van der Waals surface area contributed by atoms with Gasteiger partial charge in [0.1, 0.15) is 17.1 Å². The Bertz CT molecular complexity index is 1630. The SMILES string of the molecule is Cc1c(-c2ccc(OCF)cc2-c2nc(N(C(=O)C(CC(=O)O)CC3CCCC3)C3CC3)sc2F)cnc2[nH]ccc12. The monoisotopic (exact) mass is 594 g/mol. The lowest BCUT2D eigenvalue weighted by Crippen LogP contribution is -2.39. The number of nitrogens with zero attached hydrogens (tertiary/aromatic N) is 3. The van der Waals surface area contributed by atoms with Gasteiger partial charge in [0.2, 0.25) is 17.9 Å². The molecule has 4 aromatic rings. The van der Waals surface area contributed by atoms with Crippen LogP contribution in [0.5, 0.6) is 5.75 Å². The Balaban J connectivity index is 1.40. The van der Waals surface area contributed by atoms with Gasteiger partial charge in [0.15, 0.2) is 5.13 Å². The highest BCUT2D eigenvalue weighted by atomic mass is 32.1. The first-order valence-electron chi connectivity index (χ1n) is 14.3. The molecule has 0 saturated heterocycles. The molecule has 42 heavy (non-hydrogen) atoms. The number of hydrogen-bond donors (Lipinski definition) is 2. The number of aliphatic carboxylic acids is 1. The van der Waals surface area contributed by atoms with E-state index in [0.29, 0.717) is 23.5 Å². The van der Waals surface area contributed by atoms with Gasteiger partial charge in [-0.15, -0.1) is 0 Å². The van der Waals surface area contributed by atoms with E-state index in [1.54, 1.807) is 30.6 Å². The average Bonchev–Trinajstić information content (AvgIpc) is 3.31. The van der Waals surface area contributed by atoms with Gasteiger partial charge in [0.05, 0.1) is 6.42 Å². The molecule has 220 valence electrons. The molecule has 2 fully saturated rings. The van der Waals surface area contributed by atoms with Crippen molar-refractivity contribution in [2.75, 3.05) is 11.8 Å². The fraction of sp³-hybridized carbons (Fsp3) is 0.419. The van der Waals surface area contributed by atoms with Crippen LogP contribution in [0, 0.1) is 23.9 Å². The summed E-state index contributed by atoms with van der Waals surface area (Å²) in [6, 6.07) is 6.67. The van der Waals surface area contributed by atoms with E-state index in [-0.39, 0.29) is 34.9 Å². The van der Waals surface area contributed by atoms with Gasteiger partial charge in [0.25, 0.3) is 0 Å². The van der Waals surface area contributed by atoms with Gasteiger partial charge < -0.3 is 14.8 Å². The van der Waals surface area contributed by atoms with Gasteiger partial charge >= 0.3 is 5.97 Å². The number of aryl methyl sites for hydroxylation is 1. The van der Waals surface area contributed by atoms with Crippen LogP contribution in [0.3, 0.4) is 0 Å². The minimum atomic E-state index is -1.05. The number of thiazole rings is 1. The summed E-state index contributed by atoms with van der Waals surface area (Å²) in [7, 11) is 0. The lowest BCUT2D eigenvalue weighted by molar-refractivity contribution is -0.141. The summed E-state index contributed by atoms with van der Waals surface area (Å²) >= 11 is 0.769. The summed E-state index contributed by atoms with van der Waals surface area (Å²) in [4.78, 5) is 39.4. The summed E-state index contributed by atoms with van der Waals surface area (Å²) in [6.07, 6.45) is 9.40. The Morgan fingerprint density at radius 3 is 2.67 bits per heavy atom. The fourth-order valence-corrected chi connectivity index (χ4v) is 7.06. The van der Waals surface area contributed by atoms with Crippen molar-refractivity contribution in [3.05, 3.63) is 47.4 Å². The highest BCUT2D eigenvalue weighted by molar-refractivity contribution is 7.14. The van der Waals surface area contributed by atoms with E-state index in [9.17, 15) is 19.1 Å². The molecule has 2 saturated carbocycles. The number of H-pyrrole nitrogens is 1. The van der Waals surface area contributed by atoms with Gasteiger partial charge in [0, 0.05) is 40.9 Å². The molecule has 0 bridgehead atoms. The van der Waals surface area contributed by atoms with Gasteiger partial charge in [-0.3, -0.25) is 14.5 Å². The number of aromatic nitrogens is 3. The first-order valence-corrected chi connectivity index (χ1v) is 15.1. The number of carboxylic acid groups (broad SMARTS) is 1. The van der Waals surface area contributed by atoms with Gasteiger partial charge in [-0.25, -0.2) is 14.4 Å². The summed E-state index contributed by atoms with van der Waals surface area (Å²) in [6.45, 7) is 0.904. The zero-order chi connectivity index (χ0) is 29.4. The molecule has 3 aromatic heterocycles. The van der Waals surface area contributed by atoms with Crippen LogP contribution >= 0.6 is 11.3 Å². The molecule has 11 heteroatoms. The third-order valence-electron chi connectivity index (χ3n) is 8.41. The molecule has 1 aromatic carbocycles. The Morgan fingerprint density at radius 2 is 1.95 bits per heavy atom. The molecular formula is C31H32F2N4O4S. The number of halogens is 2. The van der Waals surface area contributed by atoms with E-state index >= 15 is 4.39 Å². The molecular weight excluding hydrogens is 562 g/mol. The molecule has 2 N–H and O–H groups in total. The maximum absolute atomic E-state index is 15.8. The Morgan fingerprint density at radius 1 is 1.17 bits per heavy atom. The highest BCUT2D eigenvalue weighted by Crippen LogP contribution is 2.44. The van der Waals surface area contributed by atoms with Crippen LogP contribution < -0.4 is 9.64 Å². The molecule has 1 unspecified atom stereocenters. The molecule has 1 atom stereocenters. The van der Waals surface area contributed by atoms with Gasteiger partial charge in [-0.05, 0) is 67.5 Å². The van der Waals surface area contributed by atoms with E-state index in [0.717, 1.165) is 72.0 Å². The number of rotatable bonds is 11. The van der Waals surface area contributed by atoms with E-state index in [2.05, 4.69) is 15.0 Å². The van der Waals surface area contributed by atoms with Crippen molar-refractivity contribution in [1.82, 2.24) is 15.0 Å². The smallest absolute Gasteiger partial charge is 0.304 e. The Hall–Kier alpha value is -3.86. The maximum Gasteiger partial charge on any atom is 0.304 e. The quantitative estimate of drug-likeness (QED) is 0.189. The van der Waals surface area contributed by atoms with Crippen LogP contribution in [0.4, 0.5) is 13.9 Å². The van der Waals surface area contributed by atoms with Gasteiger partial charge in [-0.2, -0.15) is 4.39 Å². The summed E-state index contributed by atoms with van der Waals surface area (Å²) in [5.41, 5.74) is 3.45. The van der Waals surface area contributed by atoms with E-state index in [1.807, 2.05) is 13.0 Å². The molecule has 8 nitrogen and oxygen atoms in total. The predicted octanol–water partition coefficient (Wildman–Crippen LogP) is 7.27.